The number of aromatic nitrogens is 2. The Bertz CT molecular complexity index is 1580. The molecule has 0 saturated heterocycles. The molecule has 3 atom stereocenters. The number of methoxy groups -OCH3 is 1. The molecule has 0 radical (unpaired) electrons. The molecule has 2 N–H and O–H groups in total. The van der Waals surface area contributed by atoms with Gasteiger partial charge >= 0.3 is 0 Å². The first-order valence-corrected chi connectivity index (χ1v) is 20.1. The fourth-order valence-electron chi connectivity index (χ4n) is 6.71. The number of aromatic amines is 1. The maximum Gasteiger partial charge on any atom is 0.200 e. The maximum atomic E-state index is 11.8. The molecule has 11 heteroatoms. The average molecular weight is 670 g/mol. The number of rotatable bonds is 15. The minimum absolute atomic E-state index is 0.0101. The Morgan fingerprint density at radius 2 is 1.54 bits per heavy atom. The zero-order chi connectivity index (χ0) is 33.8. The molecule has 0 saturated carbocycles. The molecule has 0 spiro atoms. The van der Waals surface area contributed by atoms with Crippen LogP contribution in [-0.2, 0) is 19.0 Å². The highest BCUT2D eigenvalue weighted by Crippen LogP contribution is 2.43. The molecule has 0 bridgehead atoms. The predicted octanol–water partition coefficient (Wildman–Crippen LogP) is 7.83. The second kappa shape index (κ2) is 14.7. The first-order chi connectivity index (χ1) is 21.6. The van der Waals surface area contributed by atoms with E-state index >= 15 is 0 Å². The average Bonchev–Trinajstić information content (AvgIpc) is 3.60. The standard InChI is InChI=1S/C35H51N3O6SSi/c1-22(2)46(23(3)4,24(5)6)42-21-34-25(7)15-33(38-34)32-13-12-31(37-32)27-16-29(43-26(8)20-41-9)18-30(17-27)44-28-11-14-35(36-19-28)45(10,39)40/h11-19,22-26,34,37-38H,20-21H2,1-10H3/t25-,26+,34+/m1/s1. The fraction of sp³-hybridized carbons (Fsp3) is 0.514. The second-order valence-electron chi connectivity index (χ2n) is 13.4. The Hall–Kier alpha value is -3.12. The topological polar surface area (TPSA) is 112 Å². The molecule has 1 aliphatic rings. The smallest absolute Gasteiger partial charge is 0.200 e. The van der Waals surface area contributed by atoms with Gasteiger partial charge in [0.1, 0.15) is 23.4 Å². The van der Waals surface area contributed by atoms with E-state index in [0.717, 1.165) is 28.9 Å². The molecular weight excluding hydrogens is 619 g/mol. The van der Waals surface area contributed by atoms with Crippen LogP contribution in [0.15, 0.2) is 59.8 Å². The lowest BCUT2D eigenvalue weighted by Crippen LogP contribution is -2.50. The molecule has 0 amide bonds. The third-order valence-electron chi connectivity index (χ3n) is 8.86. The minimum Gasteiger partial charge on any atom is -0.488 e. The Labute approximate surface area is 276 Å². The van der Waals surface area contributed by atoms with Crippen molar-refractivity contribution in [3.63, 3.8) is 0 Å². The van der Waals surface area contributed by atoms with Crippen molar-refractivity contribution in [3.8, 4) is 28.5 Å². The van der Waals surface area contributed by atoms with Crippen molar-refractivity contribution in [1.82, 2.24) is 15.3 Å². The van der Waals surface area contributed by atoms with Gasteiger partial charge in [0, 0.05) is 30.7 Å². The Morgan fingerprint density at radius 1 is 0.891 bits per heavy atom. The van der Waals surface area contributed by atoms with E-state index in [1.54, 1.807) is 19.2 Å². The predicted molar refractivity (Wildman–Crippen MR) is 187 cm³/mol. The van der Waals surface area contributed by atoms with Gasteiger partial charge in [0.05, 0.1) is 36.8 Å². The van der Waals surface area contributed by atoms with E-state index in [2.05, 4.69) is 75.9 Å². The van der Waals surface area contributed by atoms with E-state index in [1.807, 2.05) is 25.1 Å². The molecule has 3 aromatic rings. The van der Waals surface area contributed by atoms with Crippen molar-refractivity contribution in [3.05, 3.63) is 60.4 Å². The fourth-order valence-corrected chi connectivity index (χ4v) is 12.7. The van der Waals surface area contributed by atoms with E-state index in [-0.39, 0.29) is 17.2 Å². The number of pyridine rings is 1. The summed E-state index contributed by atoms with van der Waals surface area (Å²) in [5, 5.41) is 3.73. The summed E-state index contributed by atoms with van der Waals surface area (Å²) < 4.78 is 48.1. The van der Waals surface area contributed by atoms with Crippen LogP contribution in [0.25, 0.3) is 17.0 Å². The van der Waals surface area contributed by atoms with Crippen LogP contribution in [0.4, 0.5) is 0 Å². The van der Waals surface area contributed by atoms with Crippen molar-refractivity contribution in [2.45, 2.75) is 89.2 Å². The van der Waals surface area contributed by atoms with Crippen molar-refractivity contribution < 1.29 is 27.1 Å². The van der Waals surface area contributed by atoms with Gasteiger partial charge in [0.2, 0.25) is 0 Å². The maximum absolute atomic E-state index is 11.8. The van der Waals surface area contributed by atoms with E-state index in [4.69, 9.17) is 18.6 Å². The quantitative estimate of drug-likeness (QED) is 0.158. The molecule has 2 aromatic heterocycles. The minimum atomic E-state index is -3.41. The first-order valence-electron chi connectivity index (χ1n) is 16.1. The van der Waals surface area contributed by atoms with Gasteiger partial charge in [-0.2, -0.15) is 0 Å². The number of benzene rings is 1. The molecule has 0 aliphatic carbocycles. The SMILES string of the molecule is COC[C@H](C)Oc1cc(Oc2ccc(S(C)(=O)=O)nc2)cc(-c2ccc(C3=C[C@@H](C)[C@H](CO[Si](C(C)C)(C(C)C)C(C)C)N3)[nH]2)c1. The summed E-state index contributed by atoms with van der Waals surface area (Å²) in [6.45, 7) is 19.2. The lowest BCUT2D eigenvalue weighted by molar-refractivity contribution is 0.0920. The Kier molecular flexibility index (Phi) is 11.5. The van der Waals surface area contributed by atoms with Crippen LogP contribution in [0.1, 0.15) is 61.1 Å². The van der Waals surface area contributed by atoms with Crippen LogP contribution in [0.5, 0.6) is 17.2 Å². The number of sulfone groups is 1. The lowest BCUT2D eigenvalue weighted by atomic mass is 10.1. The first kappa shape index (κ1) is 35.7. The van der Waals surface area contributed by atoms with Gasteiger partial charge < -0.3 is 28.9 Å². The van der Waals surface area contributed by atoms with E-state index in [0.29, 0.717) is 53.0 Å². The van der Waals surface area contributed by atoms with Gasteiger partial charge in [0.15, 0.2) is 23.2 Å². The molecular formula is C35H51N3O6SSi. The number of hydrogen-bond acceptors (Lipinski definition) is 8. The zero-order valence-corrected chi connectivity index (χ0v) is 30.7. The van der Waals surface area contributed by atoms with Gasteiger partial charge in [-0.05, 0) is 65.9 Å². The molecule has 9 nitrogen and oxygen atoms in total. The number of ether oxygens (including phenoxy) is 3. The van der Waals surface area contributed by atoms with Gasteiger partial charge in [-0.15, -0.1) is 0 Å². The molecule has 252 valence electrons. The summed E-state index contributed by atoms with van der Waals surface area (Å²) in [5.41, 5.74) is 5.44. The van der Waals surface area contributed by atoms with Gasteiger partial charge in [-0.25, -0.2) is 13.4 Å². The van der Waals surface area contributed by atoms with Crippen LogP contribution < -0.4 is 14.8 Å². The molecule has 46 heavy (non-hydrogen) atoms. The van der Waals surface area contributed by atoms with Crippen molar-refractivity contribution >= 4 is 23.9 Å². The normalized spacial score (nSPS) is 17.8. The van der Waals surface area contributed by atoms with E-state index < -0.39 is 18.2 Å². The number of hydrogen-bond donors (Lipinski definition) is 2. The van der Waals surface area contributed by atoms with Crippen LogP contribution in [0.3, 0.4) is 0 Å². The van der Waals surface area contributed by atoms with Crippen molar-refractivity contribution in [2.24, 2.45) is 5.92 Å². The van der Waals surface area contributed by atoms with Crippen molar-refractivity contribution in [1.29, 1.82) is 0 Å². The van der Waals surface area contributed by atoms with Crippen molar-refractivity contribution in [2.75, 3.05) is 26.6 Å². The third-order valence-corrected chi connectivity index (χ3v) is 15.9. The summed E-state index contributed by atoms with van der Waals surface area (Å²) in [5.74, 6) is 1.88. The molecule has 3 heterocycles. The van der Waals surface area contributed by atoms with E-state index in [1.165, 1.54) is 12.3 Å². The summed E-state index contributed by atoms with van der Waals surface area (Å²) in [7, 11) is -3.74. The number of nitrogens with one attached hydrogen (secondary N) is 2. The molecule has 0 fully saturated rings. The monoisotopic (exact) mass is 669 g/mol. The Morgan fingerprint density at radius 3 is 2.13 bits per heavy atom. The third kappa shape index (κ3) is 8.23. The summed E-state index contributed by atoms with van der Waals surface area (Å²) >= 11 is 0. The Balaban J connectivity index is 1.55. The second-order valence-corrected chi connectivity index (χ2v) is 20.8. The summed E-state index contributed by atoms with van der Waals surface area (Å²) in [4.78, 5) is 7.63. The van der Waals surface area contributed by atoms with E-state index in [9.17, 15) is 8.42 Å². The summed E-state index contributed by atoms with van der Waals surface area (Å²) in [6, 6.07) is 13.0. The van der Waals surface area contributed by atoms with Crippen LogP contribution >= 0.6 is 0 Å². The highest BCUT2D eigenvalue weighted by atomic mass is 32.2. The molecule has 1 aliphatic heterocycles. The largest absolute Gasteiger partial charge is 0.488 e. The zero-order valence-electron chi connectivity index (χ0n) is 28.9. The number of H-pyrrole nitrogens is 1. The highest BCUT2D eigenvalue weighted by molar-refractivity contribution is 7.90. The van der Waals surface area contributed by atoms with Crippen LogP contribution in [-0.4, -0.2) is 65.4 Å². The molecule has 1 aromatic carbocycles. The van der Waals surface area contributed by atoms with Gasteiger partial charge in [-0.3, -0.25) is 0 Å². The molecule has 4 rings (SSSR count). The summed E-state index contributed by atoms with van der Waals surface area (Å²) in [6.07, 6.45) is 4.62. The van der Waals surface area contributed by atoms with Gasteiger partial charge in [-0.1, -0.05) is 54.5 Å². The lowest BCUT2D eigenvalue weighted by Gasteiger charge is -2.43. The number of nitrogens with zero attached hydrogens (tertiary/aromatic N) is 1. The van der Waals surface area contributed by atoms with Gasteiger partial charge in [0.25, 0.3) is 0 Å². The van der Waals surface area contributed by atoms with Crippen LogP contribution in [0, 0.1) is 5.92 Å². The molecule has 0 unspecified atom stereocenters. The van der Waals surface area contributed by atoms with Crippen LogP contribution in [0.2, 0.25) is 16.6 Å². The highest BCUT2D eigenvalue weighted by Gasteiger charge is 2.45.